The van der Waals surface area contributed by atoms with Crippen LogP contribution in [0.15, 0.2) is 142 Å². The molecule has 0 aliphatic heterocycles. The van der Waals surface area contributed by atoms with Crippen molar-refractivity contribution in [2.45, 2.75) is 93.1 Å². The molecule has 5 heteroatoms. The number of allylic oxidation sites excluding steroid dienone is 16. The van der Waals surface area contributed by atoms with E-state index < -0.39 is 21.3 Å². The monoisotopic (exact) mass is 928 g/mol. The summed E-state index contributed by atoms with van der Waals surface area (Å²) in [6.45, 7) is 30.9. The van der Waals surface area contributed by atoms with E-state index in [0.717, 1.165) is 16.5 Å². The molecule has 0 saturated heterocycles. The molecule has 0 radical (unpaired) electrons. The van der Waals surface area contributed by atoms with Crippen LogP contribution in [0.5, 0.6) is 0 Å². The molecule has 0 aromatic heterocycles. The fourth-order valence-electron chi connectivity index (χ4n) is 14.2. The van der Waals surface area contributed by atoms with Gasteiger partial charge in [0.1, 0.15) is 0 Å². The Morgan fingerprint density at radius 3 is 1.71 bits per heavy atom. The molecular formula is C53H62Cl4Zr. The predicted octanol–water partition coefficient (Wildman–Crippen LogP) is 9.33. The molecule has 0 N–H and O–H groups in total. The van der Waals surface area contributed by atoms with Crippen molar-refractivity contribution in [2.24, 2.45) is 55.2 Å². The molecule has 0 nitrogen and oxygen atoms in total. The largest absolute Gasteiger partial charge is 1.00 e. The molecule has 0 amide bonds. The van der Waals surface area contributed by atoms with E-state index in [2.05, 4.69) is 198 Å². The molecule has 6 aliphatic carbocycles. The Balaban J connectivity index is 0.00000283. The van der Waals surface area contributed by atoms with Crippen LogP contribution in [0, 0.1) is 55.2 Å². The van der Waals surface area contributed by atoms with Gasteiger partial charge in [0, 0.05) is 0 Å². The second kappa shape index (κ2) is 15.0. The minimum Gasteiger partial charge on any atom is -1.00 e. The van der Waals surface area contributed by atoms with Crippen molar-refractivity contribution >= 4 is 26.4 Å². The Labute approximate surface area is 380 Å². The molecule has 8 rings (SSSR count). The van der Waals surface area contributed by atoms with Crippen molar-refractivity contribution in [1.82, 2.24) is 0 Å². The fraction of sp³-hybridized carbons (Fsp3) is 0.453. The van der Waals surface area contributed by atoms with Gasteiger partial charge in [-0.15, -0.1) is 0 Å². The van der Waals surface area contributed by atoms with Crippen molar-refractivity contribution in [3.63, 3.8) is 0 Å². The third kappa shape index (κ3) is 5.50. The number of fused-ring (bicyclic) bond motifs is 8. The molecular weight excluding hydrogens is 870 g/mol. The number of halogens is 4. The maximum atomic E-state index is 7.03. The van der Waals surface area contributed by atoms with Gasteiger partial charge in [-0.25, -0.2) is 0 Å². The molecule has 2 fully saturated rings. The molecule has 6 aliphatic rings. The predicted molar refractivity (Wildman–Crippen MR) is 239 cm³/mol. The van der Waals surface area contributed by atoms with Crippen molar-refractivity contribution in [2.75, 3.05) is 0 Å². The first-order chi connectivity index (χ1) is 26.2. The van der Waals surface area contributed by atoms with Gasteiger partial charge in [0.25, 0.3) is 0 Å². The Morgan fingerprint density at radius 2 is 1.21 bits per heavy atom. The summed E-state index contributed by atoms with van der Waals surface area (Å²) in [4.78, 5) is 0. The van der Waals surface area contributed by atoms with Gasteiger partial charge in [0.15, 0.2) is 0 Å². The smallest absolute Gasteiger partial charge is 1.00 e. The molecule has 306 valence electrons. The van der Waals surface area contributed by atoms with E-state index in [0.29, 0.717) is 15.5 Å². The van der Waals surface area contributed by atoms with E-state index in [1.807, 2.05) is 12.1 Å². The van der Waals surface area contributed by atoms with Gasteiger partial charge in [-0.2, -0.15) is 0 Å². The van der Waals surface area contributed by atoms with Crippen molar-refractivity contribution in [1.29, 1.82) is 0 Å². The Morgan fingerprint density at radius 1 is 0.707 bits per heavy atom. The van der Waals surface area contributed by atoms with Gasteiger partial charge < -0.3 is 24.8 Å². The zero-order valence-corrected chi connectivity index (χ0v) is 42.1. The molecule has 10 unspecified atom stereocenters. The summed E-state index contributed by atoms with van der Waals surface area (Å²) in [6.07, 6.45) is 34.1. The second-order valence-corrected chi connectivity index (χ2v) is 27.4. The van der Waals surface area contributed by atoms with Gasteiger partial charge in [-0.3, -0.25) is 0 Å². The second-order valence-electron chi connectivity index (χ2n) is 20.3. The van der Waals surface area contributed by atoms with Gasteiger partial charge in [-0.1, -0.05) is 0 Å². The van der Waals surface area contributed by atoms with E-state index in [9.17, 15) is 0 Å². The zero-order chi connectivity index (χ0) is 40.5. The van der Waals surface area contributed by atoms with Crippen LogP contribution >= 0.6 is 23.2 Å². The van der Waals surface area contributed by atoms with Gasteiger partial charge >= 0.3 is 359 Å². The summed E-state index contributed by atoms with van der Waals surface area (Å²) in [5.74, 6) is 0.710. The van der Waals surface area contributed by atoms with Crippen molar-refractivity contribution in [3.05, 3.63) is 163 Å². The van der Waals surface area contributed by atoms with Crippen LogP contribution < -0.4 is 24.8 Å². The summed E-state index contributed by atoms with van der Waals surface area (Å²) in [6, 6.07) is 17.6. The third-order valence-electron chi connectivity index (χ3n) is 18.0. The molecule has 0 heterocycles. The quantitative estimate of drug-likeness (QED) is 0.281. The van der Waals surface area contributed by atoms with E-state index in [1.54, 1.807) is 3.28 Å². The van der Waals surface area contributed by atoms with E-state index in [-0.39, 0.29) is 68.1 Å². The summed E-state index contributed by atoms with van der Waals surface area (Å²) >= 11 is 10.8. The number of rotatable bonds is 5. The van der Waals surface area contributed by atoms with E-state index in [1.165, 1.54) is 25.5 Å². The maximum absolute atomic E-state index is 7.03. The van der Waals surface area contributed by atoms with Crippen LogP contribution in [0.3, 0.4) is 0 Å². The SMILES string of the molecule is CCC1C=C(C(C)(C)C)C=[C]1[Zr+2](=[C](c1cccc(Cl)c1)c1cccc(Cl)c1)[CH]1C2C=CC=C(C)C2(C)C2(C)C3(C)C=CC=CC3(C)C3(C)C=CC=CC3(C)C12C.[Cl-].[Cl-]. The van der Waals surface area contributed by atoms with Crippen LogP contribution in [0.2, 0.25) is 13.7 Å². The zero-order valence-electron chi connectivity index (χ0n) is 36.6. The topological polar surface area (TPSA) is 0 Å². The number of hydrogen-bond donors (Lipinski definition) is 0. The third-order valence-corrected chi connectivity index (χ3v) is 27.9. The maximum Gasteiger partial charge on any atom is -1.00 e. The van der Waals surface area contributed by atoms with Crippen LogP contribution in [0.1, 0.15) is 101 Å². The normalized spacial score (nSPS) is 38.8. The molecule has 58 heavy (non-hydrogen) atoms. The van der Waals surface area contributed by atoms with E-state index >= 15 is 0 Å². The standard InChI is InChI=1S/C29H37.C13H8Cl2.C11H17.2ClH.Zr/c1-21-14-13-15-22-20-27(6)25(4)18-10-9-16-23(25,2)24(3)17-11-12-19-26(24,5)29(27,8)28(21,22)7;14-12-5-1-3-10(8-12)7-11-4-2-6-13(15)9-11;1-5-9-6-7-10(8-9)11(2,3)4;;;/h9-20,22H,1-8H3;1-6,8-9H;7-9H,5H2,1-4H3;2*1H;/q;;;;;+2/p-2. The Kier molecular flexibility index (Phi) is 11.8. The van der Waals surface area contributed by atoms with Gasteiger partial charge in [-0.05, 0) is 0 Å². The summed E-state index contributed by atoms with van der Waals surface area (Å²) in [5.41, 5.74) is 4.38. The van der Waals surface area contributed by atoms with Gasteiger partial charge in [0.05, 0.1) is 0 Å². The molecule has 10 atom stereocenters. The average Bonchev–Trinajstić information content (AvgIpc) is 3.66. The molecule has 2 aromatic carbocycles. The summed E-state index contributed by atoms with van der Waals surface area (Å²) in [7, 11) is 0. The fourth-order valence-corrected chi connectivity index (χ4v) is 26.5. The summed E-state index contributed by atoms with van der Waals surface area (Å²) in [5, 5.41) is 1.57. The Bertz CT molecular complexity index is 2260. The van der Waals surface area contributed by atoms with Crippen LogP contribution in [-0.4, -0.2) is 3.21 Å². The average molecular weight is 932 g/mol. The Hall–Kier alpha value is -1.73. The van der Waals surface area contributed by atoms with Crippen LogP contribution in [-0.2, 0) is 21.3 Å². The first-order valence-corrected chi connectivity index (χ1v) is 25.6. The molecule has 0 spiro atoms. The minimum absolute atomic E-state index is 0. The minimum atomic E-state index is -3.30. The number of hydrogen-bond acceptors (Lipinski definition) is 0. The van der Waals surface area contributed by atoms with Crippen molar-refractivity contribution in [3.8, 4) is 0 Å². The summed E-state index contributed by atoms with van der Waals surface area (Å²) < 4.78 is 3.63. The first kappa shape index (κ1) is 45.8. The van der Waals surface area contributed by atoms with Crippen molar-refractivity contribution < 1.29 is 46.1 Å². The van der Waals surface area contributed by atoms with E-state index in [4.69, 9.17) is 23.2 Å². The molecule has 2 saturated carbocycles. The number of benzene rings is 2. The van der Waals surface area contributed by atoms with Crippen LogP contribution in [0.25, 0.3) is 0 Å². The first-order valence-electron chi connectivity index (χ1n) is 21.0. The van der Waals surface area contributed by atoms with Crippen LogP contribution in [0.4, 0.5) is 0 Å². The molecule has 2 aromatic rings. The molecule has 0 bridgehead atoms. The van der Waals surface area contributed by atoms with Gasteiger partial charge in [0.2, 0.25) is 0 Å².